The van der Waals surface area contributed by atoms with E-state index in [-0.39, 0.29) is 5.91 Å². The van der Waals surface area contributed by atoms with Crippen molar-refractivity contribution in [3.05, 3.63) is 83.5 Å². The van der Waals surface area contributed by atoms with Crippen molar-refractivity contribution in [3.8, 4) is 0 Å². The molecule has 2 aromatic heterocycles. The predicted molar refractivity (Wildman–Crippen MR) is 124 cm³/mol. The average Bonchev–Trinajstić information content (AvgIpc) is 3.23. The van der Waals surface area contributed by atoms with E-state index in [4.69, 9.17) is 0 Å². The lowest BCUT2D eigenvalue weighted by Crippen LogP contribution is -2.31. The van der Waals surface area contributed by atoms with Crippen molar-refractivity contribution in [2.75, 3.05) is 16.8 Å². The lowest BCUT2D eigenvalue weighted by molar-refractivity contribution is -0.118. The number of carbonyl (C=O) groups is 1. The average molecular weight is 417 g/mol. The number of anilines is 2. The number of fused-ring (bicyclic) bond motifs is 1. The molecule has 0 radical (unpaired) electrons. The monoisotopic (exact) mass is 416 g/mol. The van der Waals surface area contributed by atoms with Crippen molar-refractivity contribution in [2.24, 2.45) is 0 Å². The summed E-state index contributed by atoms with van der Waals surface area (Å²) in [7, 11) is 0. The zero-order valence-corrected chi connectivity index (χ0v) is 17.7. The molecule has 0 atom stereocenters. The molecule has 4 aromatic rings. The van der Waals surface area contributed by atoms with Crippen LogP contribution in [0.1, 0.15) is 23.8 Å². The number of amides is 1. The Bertz CT molecular complexity index is 1110. The van der Waals surface area contributed by atoms with Gasteiger partial charge in [-0.25, -0.2) is 9.97 Å². The van der Waals surface area contributed by atoms with Crippen LogP contribution < -0.4 is 10.2 Å². The number of hydrogen-bond acceptors (Lipinski definition) is 5. The highest BCUT2D eigenvalue weighted by Crippen LogP contribution is 2.28. The summed E-state index contributed by atoms with van der Waals surface area (Å²) in [5.74, 6) is 0.862. The Hall–Kier alpha value is -3.25. The van der Waals surface area contributed by atoms with Crippen molar-refractivity contribution in [3.63, 3.8) is 0 Å². The van der Waals surface area contributed by atoms with Crippen LogP contribution in [0.4, 0.5) is 11.5 Å². The zero-order valence-electron chi connectivity index (χ0n) is 16.9. The maximum Gasteiger partial charge on any atom is 0.229 e. The summed E-state index contributed by atoms with van der Waals surface area (Å²) in [5, 5.41) is 4.36. The maximum absolute atomic E-state index is 13.1. The van der Waals surface area contributed by atoms with Crippen LogP contribution in [0, 0.1) is 0 Å². The number of aromatic nitrogens is 2. The molecule has 2 heterocycles. The zero-order chi connectivity index (χ0) is 20.8. The Balaban J connectivity index is 1.46. The molecule has 4 rings (SSSR count). The van der Waals surface area contributed by atoms with E-state index in [0.717, 1.165) is 33.7 Å². The molecule has 1 amide bonds. The molecule has 2 aromatic carbocycles. The molecule has 0 unspecified atom stereocenters. The minimum absolute atomic E-state index is 0.0717. The quantitative estimate of drug-likeness (QED) is 0.424. The molecule has 6 heteroatoms. The van der Waals surface area contributed by atoms with Gasteiger partial charge in [0.05, 0.1) is 11.9 Å². The van der Waals surface area contributed by atoms with Crippen LogP contribution in [0.2, 0.25) is 0 Å². The smallest absolute Gasteiger partial charge is 0.229 e. The molecular formula is C24H24N4OS. The SMILES string of the molecule is CCc1cc2c(NCCC(=O)N(Cc3ccccc3)c3ccccc3)ncnc2s1. The van der Waals surface area contributed by atoms with Crippen LogP contribution in [0.3, 0.4) is 0 Å². The van der Waals surface area contributed by atoms with Gasteiger partial charge in [-0.3, -0.25) is 4.79 Å². The van der Waals surface area contributed by atoms with Gasteiger partial charge in [0.15, 0.2) is 0 Å². The van der Waals surface area contributed by atoms with Gasteiger partial charge >= 0.3 is 0 Å². The molecule has 0 bridgehead atoms. The van der Waals surface area contributed by atoms with E-state index in [0.29, 0.717) is 19.5 Å². The first-order valence-corrected chi connectivity index (χ1v) is 10.9. The van der Waals surface area contributed by atoms with Crippen molar-refractivity contribution in [1.29, 1.82) is 0 Å². The summed E-state index contributed by atoms with van der Waals surface area (Å²) in [6.45, 7) is 3.20. The third-order valence-electron chi connectivity index (χ3n) is 4.91. The Morgan fingerprint density at radius 1 is 1.03 bits per heavy atom. The standard InChI is InChI=1S/C24H24N4OS/c1-2-20-15-21-23(26-17-27-24(21)30-20)25-14-13-22(29)28(19-11-7-4-8-12-19)16-18-9-5-3-6-10-18/h3-12,15,17H,2,13-14,16H2,1H3,(H,25,26,27). The molecule has 1 N–H and O–H groups in total. The summed E-state index contributed by atoms with van der Waals surface area (Å²) in [6.07, 6.45) is 2.93. The van der Waals surface area contributed by atoms with Gasteiger partial charge in [-0.1, -0.05) is 55.5 Å². The van der Waals surface area contributed by atoms with Crippen LogP contribution in [-0.2, 0) is 17.8 Å². The summed E-state index contributed by atoms with van der Waals surface area (Å²) in [5.41, 5.74) is 2.01. The van der Waals surface area contributed by atoms with Gasteiger partial charge in [-0.2, -0.15) is 0 Å². The number of thiophene rings is 1. The Morgan fingerprint density at radius 3 is 2.50 bits per heavy atom. The van der Waals surface area contributed by atoms with E-state index in [1.807, 2.05) is 65.6 Å². The normalized spacial score (nSPS) is 10.8. The first-order chi connectivity index (χ1) is 14.7. The summed E-state index contributed by atoms with van der Waals surface area (Å²) >= 11 is 1.69. The summed E-state index contributed by atoms with van der Waals surface area (Å²) in [6, 6.07) is 22.0. The Morgan fingerprint density at radius 2 is 1.77 bits per heavy atom. The molecule has 0 aliphatic carbocycles. The molecule has 0 saturated heterocycles. The van der Waals surface area contributed by atoms with Crippen molar-refractivity contribution >= 4 is 39.0 Å². The molecule has 5 nitrogen and oxygen atoms in total. The highest BCUT2D eigenvalue weighted by Gasteiger charge is 2.16. The number of nitrogens with zero attached hydrogens (tertiary/aromatic N) is 3. The summed E-state index contributed by atoms with van der Waals surface area (Å²) < 4.78 is 0. The fourth-order valence-electron chi connectivity index (χ4n) is 3.34. The van der Waals surface area contributed by atoms with Crippen molar-refractivity contribution in [2.45, 2.75) is 26.3 Å². The highest BCUT2D eigenvalue weighted by atomic mass is 32.1. The number of aryl methyl sites for hydroxylation is 1. The molecule has 152 valence electrons. The molecule has 30 heavy (non-hydrogen) atoms. The minimum atomic E-state index is 0.0717. The van der Waals surface area contributed by atoms with Gasteiger partial charge < -0.3 is 10.2 Å². The lowest BCUT2D eigenvalue weighted by Gasteiger charge is -2.23. The number of benzene rings is 2. The van der Waals surface area contributed by atoms with Crippen molar-refractivity contribution < 1.29 is 4.79 Å². The van der Waals surface area contributed by atoms with Gasteiger partial charge in [0.25, 0.3) is 0 Å². The van der Waals surface area contributed by atoms with E-state index < -0.39 is 0 Å². The molecule has 0 aliphatic heterocycles. The first-order valence-electron chi connectivity index (χ1n) is 10.1. The van der Waals surface area contributed by atoms with Gasteiger partial charge in [0, 0.05) is 23.5 Å². The number of nitrogens with one attached hydrogen (secondary N) is 1. The number of hydrogen-bond donors (Lipinski definition) is 1. The third kappa shape index (κ3) is 4.66. The molecule has 0 saturated carbocycles. The van der Waals surface area contributed by atoms with Crippen LogP contribution in [0.5, 0.6) is 0 Å². The third-order valence-corrected chi connectivity index (χ3v) is 6.10. The Labute approximate surface area is 180 Å². The summed E-state index contributed by atoms with van der Waals surface area (Å²) in [4.78, 5) is 25.9. The highest BCUT2D eigenvalue weighted by molar-refractivity contribution is 7.18. The van der Waals surface area contributed by atoms with Crippen LogP contribution in [0.25, 0.3) is 10.2 Å². The van der Waals surface area contributed by atoms with Crippen LogP contribution in [0.15, 0.2) is 73.1 Å². The van der Waals surface area contributed by atoms with Crippen molar-refractivity contribution in [1.82, 2.24) is 9.97 Å². The molecule has 0 fully saturated rings. The topological polar surface area (TPSA) is 58.1 Å². The fraction of sp³-hybridized carbons (Fsp3) is 0.208. The van der Waals surface area contributed by atoms with Crippen LogP contribution in [-0.4, -0.2) is 22.4 Å². The van der Waals surface area contributed by atoms with Gasteiger partial charge in [-0.05, 0) is 30.2 Å². The number of rotatable bonds is 8. The van der Waals surface area contributed by atoms with E-state index >= 15 is 0 Å². The second kappa shape index (κ2) is 9.50. The van der Waals surface area contributed by atoms with E-state index in [1.54, 1.807) is 17.7 Å². The van der Waals surface area contributed by atoms with E-state index in [9.17, 15) is 4.79 Å². The molecule has 0 spiro atoms. The molecular weight excluding hydrogens is 392 g/mol. The Kier molecular flexibility index (Phi) is 6.35. The molecule has 0 aliphatic rings. The van der Waals surface area contributed by atoms with Gasteiger partial charge in [0.1, 0.15) is 17.0 Å². The first kappa shape index (κ1) is 20.0. The second-order valence-electron chi connectivity index (χ2n) is 6.99. The minimum Gasteiger partial charge on any atom is -0.369 e. The largest absolute Gasteiger partial charge is 0.369 e. The maximum atomic E-state index is 13.1. The van der Waals surface area contributed by atoms with Gasteiger partial charge in [-0.15, -0.1) is 11.3 Å². The van der Waals surface area contributed by atoms with E-state index in [1.165, 1.54) is 4.88 Å². The van der Waals surface area contributed by atoms with Crippen LogP contribution >= 0.6 is 11.3 Å². The lowest BCUT2D eigenvalue weighted by atomic mass is 10.2. The number of para-hydroxylation sites is 1. The second-order valence-corrected chi connectivity index (χ2v) is 8.10. The fourth-order valence-corrected chi connectivity index (χ4v) is 4.28. The number of carbonyl (C=O) groups excluding carboxylic acids is 1. The van der Waals surface area contributed by atoms with Gasteiger partial charge in [0.2, 0.25) is 5.91 Å². The predicted octanol–water partition coefficient (Wildman–Crippen LogP) is 5.29. The van der Waals surface area contributed by atoms with E-state index in [2.05, 4.69) is 28.3 Å².